The van der Waals surface area contributed by atoms with E-state index in [0.29, 0.717) is 18.0 Å². The molecule has 6 heteroatoms. The fourth-order valence-corrected chi connectivity index (χ4v) is 1.73. The monoisotopic (exact) mass is 298 g/mol. The lowest BCUT2D eigenvalue weighted by Gasteiger charge is -2.15. The molecule has 110 valence electrons. The molecule has 3 N–H and O–H groups in total. The van der Waals surface area contributed by atoms with Gasteiger partial charge in [0.25, 0.3) is 0 Å². The number of rotatable bonds is 6. The maximum atomic E-state index is 11.6. The number of hydrogen-bond acceptors (Lipinski definition) is 2. The summed E-state index contributed by atoms with van der Waals surface area (Å²) in [5, 5.41) is 14.8. The molecule has 2 unspecified atom stereocenters. The molecule has 20 heavy (non-hydrogen) atoms. The van der Waals surface area contributed by atoms with Gasteiger partial charge in [-0.15, -0.1) is 0 Å². The van der Waals surface area contributed by atoms with Gasteiger partial charge in [-0.3, -0.25) is 4.79 Å². The quantitative estimate of drug-likeness (QED) is 0.755. The largest absolute Gasteiger partial charge is 0.481 e. The van der Waals surface area contributed by atoms with Crippen LogP contribution in [0.2, 0.25) is 5.02 Å². The van der Waals surface area contributed by atoms with Crippen molar-refractivity contribution < 1.29 is 14.7 Å². The molecule has 0 spiro atoms. The molecule has 0 aliphatic rings. The van der Waals surface area contributed by atoms with E-state index in [4.69, 9.17) is 16.7 Å². The van der Waals surface area contributed by atoms with Crippen LogP contribution in [0.1, 0.15) is 31.9 Å². The highest BCUT2D eigenvalue weighted by Gasteiger charge is 2.12. The number of nitrogens with one attached hydrogen (secondary N) is 2. The molecule has 1 rings (SSSR count). The molecule has 0 aromatic heterocycles. The zero-order valence-corrected chi connectivity index (χ0v) is 12.3. The summed E-state index contributed by atoms with van der Waals surface area (Å²) in [6, 6.07) is 6.76. The summed E-state index contributed by atoms with van der Waals surface area (Å²) in [6.07, 6.45) is 0.401. The average Bonchev–Trinajstić information content (AvgIpc) is 2.39. The predicted octanol–water partition coefficient (Wildman–Crippen LogP) is 2.81. The van der Waals surface area contributed by atoms with Crippen molar-refractivity contribution in [3.8, 4) is 0 Å². The van der Waals surface area contributed by atoms with Crippen LogP contribution in [0.4, 0.5) is 4.79 Å². The minimum absolute atomic E-state index is 0.149. The molecule has 2 amide bonds. The van der Waals surface area contributed by atoms with Crippen LogP contribution in [0.15, 0.2) is 24.3 Å². The van der Waals surface area contributed by atoms with Crippen LogP contribution in [0.25, 0.3) is 0 Å². The Labute approximate surface area is 123 Å². The Kier molecular flexibility index (Phi) is 6.31. The Morgan fingerprint density at radius 1 is 1.25 bits per heavy atom. The summed E-state index contributed by atoms with van der Waals surface area (Å²) in [7, 11) is 0. The number of carboxylic acid groups (broad SMARTS) is 1. The summed E-state index contributed by atoms with van der Waals surface area (Å²) in [5.41, 5.74) is 0.948. The number of urea groups is 1. The zero-order valence-electron chi connectivity index (χ0n) is 11.5. The van der Waals surface area contributed by atoms with Crippen molar-refractivity contribution in [2.75, 3.05) is 6.54 Å². The third-order valence-electron chi connectivity index (χ3n) is 3.00. The molecule has 0 heterocycles. The van der Waals surface area contributed by atoms with E-state index in [1.165, 1.54) is 0 Å². The van der Waals surface area contributed by atoms with Gasteiger partial charge in [0.1, 0.15) is 0 Å². The fourth-order valence-electron chi connectivity index (χ4n) is 1.61. The summed E-state index contributed by atoms with van der Waals surface area (Å²) < 4.78 is 0. The molecular weight excluding hydrogens is 280 g/mol. The Morgan fingerprint density at radius 3 is 2.40 bits per heavy atom. The van der Waals surface area contributed by atoms with Gasteiger partial charge in [-0.25, -0.2) is 4.79 Å². The second-order valence-corrected chi connectivity index (χ2v) is 5.14. The first-order valence-corrected chi connectivity index (χ1v) is 6.80. The summed E-state index contributed by atoms with van der Waals surface area (Å²) in [5.74, 6) is -1.33. The van der Waals surface area contributed by atoms with Gasteiger partial charge in [-0.2, -0.15) is 0 Å². The molecular formula is C14H19ClN2O3. The van der Waals surface area contributed by atoms with Gasteiger partial charge in [0, 0.05) is 11.6 Å². The van der Waals surface area contributed by atoms with Crippen molar-refractivity contribution in [1.82, 2.24) is 10.6 Å². The van der Waals surface area contributed by atoms with Gasteiger partial charge in [0.15, 0.2) is 0 Å². The lowest BCUT2D eigenvalue weighted by Crippen LogP contribution is -2.38. The molecule has 0 aliphatic carbocycles. The van der Waals surface area contributed by atoms with Crippen LogP contribution in [0.3, 0.4) is 0 Å². The first-order chi connectivity index (χ1) is 9.40. The highest BCUT2D eigenvalue weighted by molar-refractivity contribution is 6.30. The number of amides is 2. The van der Waals surface area contributed by atoms with E-state index in [2.05, 4.69) is 10.6 Å². The third kappa shape index (κ3) is 5.48. The Morgan fingerprint density at radius 2 is 1.85 bits per heavy atom. The zero-order chi connectivity index (χ0) is 15.1. The maximum Gasteiger partial charge on any atom is 0.315 e. The molecule has 0 aliphatic heterocycles. The second-order valence-electron chi connectivity index (χ2n) is 4.70. The van der Waals surface area contributed by atoms with E-state index in [0.717, 1.165) is 5.56 Å². The van der Waals surface area contributed by atoms with Crippen molar-refractivity contribution >= 4 is 23.6 Å². The van der Waals surface area contributed by atoms with Crippen LogP contribution >= 0.6 is 11.6 Å². The molecule has 0 radical (unpaired) electrons. The highest BCUT2D eigenvalue weighted by atomic mass is 35.5. The van der Waals surface area contributed by atoms with E-state index >= 15 is 0 Å². The fraction of sp³-hybridized carbons (Fsp3) is 0.429. The first-order valence-electron chi connectivity index (χ1n) is 6.42. The van der Waals surface area contributed by atoms with Gasteiger partial charge < -0.3 is 15.7 Å². The molecule has 0 fully saturated rings. The van der Waals surface area contributed by atoms with E-state index in [-0.39, 0.29) is 12.1 Å². The van der Waals surface area contributed by atoms with E-state index in [1.807, 2.05) is 19.1 Å². The molecule has 0 saturated heterocycles. The predicted molar refractivity (Wildman–Crippen MR) is 77.8 cm³/mol. The van der Waals surface area contributed by atoms with Crippen molar-refractivity contribution in [2.45, 2.75) is 26.3 Å². The molecule has 0 saturated carbocycles. The van der Waals surface area contributed by atoms with Gasteiger partial charge in [-0.1, -0.05) is 30.7 Å². The van der Waals surface area contributed by atoms with E-state index in [1.54, 1.807) is 19.1 Å². The summed E-state index contributed by atoms with van der Waals surface area (Å²) in [4.78, 5) is 22.3. The van der Waals surface area contributed by atoms with Gasteiger partial charge in [0.05, 0.1) is 12.0 Å². The average molecular weight is 299 g/mol. The third-order valence-corrected chi connectivity index (χ3v) is 3.25. The molecule has 5 nitrogen and oxygen atoms in total. The number of carbonyl (C=O) groups is 2. The lowest BCUT2D eigenvalue weighted by molar-refractivity contribution is -0.141. The van der Waals surface area contributed by atoms with Crippen molar-refractivity contribution in [3.63, 3.8) is 0 Å². The maximum absolute atomic E-state index is 11.6. The molecule has 2 atom stereocenters. The van der Waals surface area contributed by atoms with E-state index < -0.39 is 11.9 Å². The highest BCUT2D eigenvalue weighted by Crippen LogP contribution is 2.15. The SMILES string of the molecule is CC(CCNC(=O)NC(C)c1ccc(Cl)cc1)C(=O)O. The number of aliphatic carboxylic acids is 1. The molecule has 1 aromatic carbocycles. The van der Waals surface area contributed by atoms with Gasteiger partial charge in [-0.05, 0) is 31.0 Å². The minimum atomic E-state index is -0.859. The molecule has 1 aromatic rings. The number of halogens is 1. The van der Waals surface area contributed by atoms with Crippen LogP contribution in [-0.2, 0) is 4.79 Å². The smallest absolute Gasteiger partial charge is 0.315 e. The van der Waals surface area contributed by atoms with Gasteiger partial charge >= 0.3 is 12.0 Å². The Hall–Kier alpha value is -1.75. The summed E-state index contributed by atoms with van der Waals surface area (Å²) in [6.45, 7) is 3.80. The van der Waals surface area contributed by atoms with Crippen LogP contribution in [-0.4, -0.2) is 23.7 Å². The van der Waals surface area contributed by atoms with Crippen molar-refractivity contribution in [3.05, 3.63) is 34.9 Å². The van der Waals surface area contributed by atoms with Crippen LogP contribution in [0, 0.1) is 5.92 Å². The minimum Gasteiger partial charge on any atom is -0.481 e. The molecule has 0 bridgehead atoms. The number of carbonyl (C=O) groups excluding carboxylic acids is 1. The topological polar surface area (TPSA) is 78.4 Å². The summed E-state index contributed by atoms with van der Waals surface area (Å²) >= 11 is 5.80. The van der Waals surface area contributed by atoms with Crippen LogP contribution < -0.4 is 10.6 Å². The lowest BCUT2D eigenvalue weighted by atomic mass is 10.1. The standard InChI is InChI=1S/C14H19ClN2O3/c1-9(13(18)19)7-8-16-14(20)17-10(2)11-3-5-12(15)6-4-11/h3-6,9-10H,7-8H2,1-2H3,(H,18,19)(H2,16,17,20). The number of hydrogen-bond donors (Lipinski definition) is 3. The second kappa shape index (κ2) is 7.75. The Bertz CT molecular complexity index is 462. The van der Waals surface area contributed by atoms with Crippen molar-refractivity contribution in [1.29, 1.82) is 0 Å². The van der Waals surface area contributed by atoms with Gasteiger partial charge in [0.2, 0.25) is 0 Å². The Balaban J connectivity index is 2.35. The first kappa shape index (κ1) is 16.3. The number of carboxylic acids is 1. The normalized spacial score (nSPS) is 13.3. The number of benzene rings is 1. The van der Waals surface area contributed by atoms with E-state index in [9.17, 15) is 9.59 Å². The van der Waals surface area contributed by atoms with Crippen LogP contribution in [0.5, 0.6) is 0 Å². The van der Waals surface area contributed by atoms with Crippen molar-refractivity contribution in [2.24, 2.45) is 5.92 Å².